The first-order valence-electron chi connectivity index (χ1n) is 18.5. The van der Waals surface area contributed by atoms with Crippen molar-refractivity contribution in [3.8, 4) is 0 Å². The van der Waals surface area contributed by atoms with Crippen LogP contribution in [0.1, 0.15) is 90.2 Å². The van der Waals surface area contributed by atoms with E-state index in [9.17, 15) is 9.59 Å². The van der Waals surface area contributed by atoms with Crippen molar-refractivity contribution >= 4 is 34.5 Å². The van der Waals surface area contributed by atoms with Gasteiger partial charge in [-0.15, -0.1) is 0 Å². The zero-order valence-corrected chi connectivity index (χ0v) is 29.5. The number of hydrogen-bond donors (Lipinski definition) is 6. The minimum Gasteiger partial charge on any atom is -0.462 e. The Morgan fingerprint density at radius 1 is 1.00 bits per heavy atom. The second-order valence-corrected chi connectivity index (χ2v) is 13.9. The van der Waals surface area contributed by atoms with Crippen LogP contribution in [-0.2, 0) is 27.4 Å². The molecule has 3 heterocycles. The third-order valence-corrected chi connectivity index (χ3v) is 9.47. The van der Waals surface area contributed by atoms with E-state index in [0.29, 0.717) is 25.6 Å². The van der Waals surface area contributed by atoms with Crippen molar-refractivity contribution in [2.75, 3.05) is 43.4 Å². The summed E-state index contributed by atoms with van der Waals surface area (Å²) < 4.78 is 7.29. The first-order chi connectivity index (χ1) is 23.8. The molecule has 0 unspecified atom stereocenters. The number of aromatic nitrogens is 4. The number of nitrogens with one attached hydrogen (secondary N) is 5. The zero-order chi connectivity index (χ0) is 34.4. The average molecular weight is 679 g/mol. The zero-order valence-electron chi connectivity index (χ0n) is 29.5. The Kier molecular flexibility index (Phi) is 14.1. The Morgan fingerprint density at radius 2 is 1.76 bits per heavy atom. The number of hydrogen-bond acceptors (Lipinski definition) is 10. The minimum atomic E-state index is -0.782. The number of aromatic amines is 1. The summed E-state index contributed by atoms with van der Waals surface area (Å²) in [5, 5.41) is 18.7. The lowest BCUT2D eigenvalue weighted by molar-refractivity contribution is -0.149. The lowest BCUT2D eigenvalue weighted by Crippen LogP contribution is -2.43. The molecule has 2 fully saturated rings. The number of para-hydroxylation sites is 1. The third-order valence-electron chi connectivity index (χ3n) is 9.47. The Bertz CT molecular complexity index is 1430. The molecule has 7 N–H and O–H groups in total. The second kappa shape index (κ2) is 18.9. The van der Waals surface area contributed by atoms with Gasteiger partial charge in [-0.25, -0.2) is 4.98 Å². The molecule has 1 saturated heterocycles. The van der Waals surface area contributed by atoms with E-state index in [1.807, 2.05) is 29.2 Å². The van der Waals surface area contributed by atoms with E-state index in [1.54, 1.807) is 13.8 Å². The number of carbonyl (C=O) groups excluding carboxylic acids is 2. The highest BCUT2D eigenvalue weighted by molar-refractivity contribution is 5.90. The van der Waals surface area contributed by atoms with Gasteiger partial charge in [0.1, 0.15) is 11.9 Å². The number of amides is 1. The van der Waals surface area contributed by atoms with Crippen molar-refractivity contribution in [1.29, 1.82) is 0 Å². The maximum Gasteiger partial charge on any atom is 0.323 e. The molecule has 0 spiro atoms. The number of nitrogens with zero attached hydrogens (tertiary/aromatic N) is 4. The van der Waals surface area contributed by atoms with E-state index in [4.69, 9.17) is 20.4 Å². The number of rotatable bonds is 19. The van der Waals surface area contributed by atoms with Crippen LogP contribution in [0.3, 0.4) is 0 Å². The van der Waals surface area contributed by atoms with Gasteiger partial charge in [0.25, 0.3) is 0 Å². The molecule has 1 aromatic carbocycles. The van der Waals surface area contributed by atoms with Crippen LogP contribution in [0.5, 0.6) is 0 Å². The normalized spacial score (nSPS) is 16.7. The van der Waals surface area contributed by atoms with Crippen LogP contribution >= 0.6 is 0 Å². The number of ether oxygens (including phenoxy) is 1. The number of fused-ring (bicyclic) bond motifs is 1. The van der Waals surface area contributed by atoms with Gasteiger partial charge in [-0.2, -0.15) is 4.98 Å². The summed E-state index contributed by atoms with van der Waals surface area (Å²) in [6.45, 7) is 9.61. The van der Waals surface area contributed by atoms with Crippen molar-refractivity contribution in [1.82, 2.24) is 35.3 Å². The van der Waals surface area contributed by atoms with Crippen LogP contribution in [0.4, 0.5) is 11.8 Å². The lowest BCUT2D eigenvalue weighted by atomic mass is 9.95. The monoisotopic (exact) mass is 678 g/mol. The molecule has 13 heteroatoms. The number of nitrogens with two attached hydrogens (primary N) is 1. The number of benzene rings is 1. The highest BCUT2D eigenvalue weighted by Crippen LogP contribution is 2.25. The molecule has 0 bridgehead atoms. The summed E-state index contributed by atoms with van der Waals surface area (Å²) in [6, 6.07) is 8.15. The van der Waals surface area contributed by atoms with Gasteiger partial charge in [0.05, 0.1) is 23.9 Å². The number of aryl methyl sites for hydroxylation is 1. The van der Waals surface area contributed by atoms with Gasteiger partial charge in [-0.1, -0.05) is 31.4 Å². The van der Waals surface area contributed by atoms with Gasteiger partial charge in [0.15, 0.2) is 0 Å². The highest BCUT2D eigenvalue weighted by atomic mass is 16.5. The molecule has 49 heavy (non-hydrogen) atoms. The van der Waals surface area contributed by atoms with Gasteiger partial charge in [-0.05, 0) is 90.6 Å². The Morgan fingerprint density at radius 3 is 2.53 bits per heavy atom. The number of likely N-dealkylation sites (tertiary alicyclic amines) is 1. The fourth-order valence-corrected chi connectivity index (χ4v) is 6.68. The summed E-state index contributed by atoms with van der Waals surface area (Å²) in [5.74, 6) is 0.931. The Labute approximate surface area is 290 Å². The summed E-state index contributed by atoms with van der Waals surface area (Å²) in [5.41, 5.74) is 7.91. The summed E-state index contributed by atoms with van der Waals surface area (Å²) in [7, 11) is 0. The predicted octanol–water partition coefficient (Wildman–Crippen LogP) is 4.13. The number of anilines is 2. The predicted molar refractivity (Wildman–Crippen MR) is 194 cm³/mol. The van der Waals surface area contributed by atoms with E-state index in [1.165, 1.54) is 38.5 Å². The third kappa shape index (κ3) is 11.7. The standard InChI is InChI=1S/C36H58N10O3/c1-26(2)49-35(48)31(37)14-15-33(47)45-22-16-28(17-23-45)41-34-30-12-6-7-13-32(30)42-36(43-34)40-24-29-25-46(44-29)21-9-19-38-18-8-20-39-27-10-4-3-5-11-27/h6-7,12-13,25-28,31,38-39,44H,3-5,8-11,14-24,37H2,1-2H3,(H2,40,41,42,43)/t31-/m0/s1. The van der Waals surface area contributed by atoms with E-state index in [2.05, 4.69) is 37.2 Å². The fourth-order valence-electron chi connectivity index (χ4n) is 6.68. The van der Waals surface area contributed by atoms with Crippen molar-refractivity contribution < 1.29 is 14.3 Å². The van der Waals surface area contributed by atoms with E-state index in [0.717, 1.165) is 73.9 Å². The van der Waals surface area contributed by atoms with Gasteiger partial charge >= 0.3 is 5.97 Å². The minimum absolute atomic E-state index is 0.0207. The van der Waals surface area contributed by atoms with Crippen LogP contribution in [0.25, 0.3) is 10.9 Å². The number of H-pyrrole nitrogens is 1. The fraction of sp³-hybridized carbons (Fsp3) is 0.667. The molecule has 1 atom stereocenters. The molecule has 270 valence electrons. The van der Waals surface area contributed by atoms with E-state index in [-0.39, 0.29) is 30.9 Å². The lowest BCUT2D eigenvalue weighted by Gasteiger charge is -2.33. The molecule has 1 amide bonds. The maximum atomic E-state index is 12.8. The van der Waals surface area contributed by atoms with Crippen LogP contribution in [0.2, 0.25) is 0 Å². The van der Waals surface area contributed by atoms with E-state index < -0.39 is 12.0 Å². The highest BCUT2D eigenvalue weighted by Gasteiger charge is 2.25. The van der Waals surface area contributed by atoms with Crippen molar-refractivity contribution in [3.05, 3.63) is 36.2 Å². The smallest absolute Gasteiger partial charge is 0.323 e. The topological polar surface area (TPSA) is 167 Å². The molecule has 1 aliphatic carbocycles. The number of carbonyl (C=O) groups is 2. The average Bonchev–Trinajstić information content (AvgIpc) is 3.09. The van der Waals surface area contributed by atoms with Crippen LogP contribution in [-0.4, -0.2) is 93.5 Å². The van der Waals surface area contributed by atoms with Crippen LogP contribution in [0.15, 0.2) is 30.5 Å². The number of piperidine rings is 1. The molecule has 13 nitrogen and oxygen atoms in total. The first-order valence-corrected chi connectivity index (χ1v) is 18.5. The molecular weight excluding hydrogens is 620 g/mol. The second-order valence-electron chi connectivity index (χ2n) is 13.9. The largest absolute Gasteiger partial charge is 0.462 e. The van der Waals surface area contributed by atoms with Gasteiger partial charge in [0.2, 0.25) is 11.9 Å². The number of esters is 1. The van der Waals surface area contributed by atoms with Crippen molar-refractivity contribution in [3.63, 3.8) is 0 Å². The van der Waals surface area contributed by atoms with Gasteiger partial charge < -0.3 is 36.6 Å². The molecule has 2 aliphatic rings. The SMILES string of the molecule is CC(C)OC(=O)[C@@H](N)CCC(=O)N1CCC(Nc2nc(NCc3cn(CCCNCCCNC4CCCCC4)[nH]3)nc3ccccc23)CC1. The van der Waals surface area contributed by atoms with E-state index >= 15 is 0 Å². The van der Waals surface area contributed by atoms with Crippen LogP contribution < -0.4 is 27.0 Å². The Hall–Kier alpha value is -3.68. The van der Waals surface area contributed by atoms with Gasteiger partial charge in [-0.3, -0.25) is 19.4 Å². The molecule has 5 rings (SSSR count). The first kappa shape index (κ1) is 36.6. The molecule has 0 radical (unpaired) electrons. The molecule has 3 aromatic rings. The maximum absolute atomic E-state index is 12.8. The van der Waals surface area contributed by atoms with Crippen molar-refractivity contribution in [2.24, 2.45) is 5.73 Å². The Balaban J connectivity index is 1.00. The van der Waals surface area contributed by atoms with Gasteiger partial charge in [0, 0.05) is 49.7 Å². The summed E-state index contributed by atoms with van der Waals surface area (Å²) in [6.07, 6.45) is 13.2. The molecular formula is C36H58N10O3. The van der Waals surface area contributed by atoms with Crippen molar-refractivity contribution in [2.45, 2.75) is 122 Å². The molecule has 1 saturated carbocycles. The molecule has 2 aromatic heterocycles. The molecule has 1 aliphatic heterocycles. The summed E-state index contributed by atoms with van der Waals surface area (Å²) in [4.78, 5) is 36.3. The quantitative estimate of drug-likeness (QED) is 0.0802. The van der Waals surface area contributed by atoms with Crippen LogP contribution in [0, 0.1) is 0 Å². The summed E-state index contributed by atoms with van der Waals surface area (Å²) >= 11 is 0.